The summed E-state index contributed by atoms with van der Waals surface area (Å²) in [5.74, 6) is -3.81. The van der Waals surface area contributed by atoms with E-state index in [1.54, 1.807) is 6.26 Å². The lowest BCUT2D eigenvalue weighted by atomic mass is 10.1. The monoisotopic (exact) mass is 380 g/mol. The normalized spacial score (nSPS) is 10.7. The Bertz CT molecular complexity index is 1040. The summed E-state index contributed by atoms with van der Waals surface area (Å²) < 4.78 is 28.4. The number of carbonyl (C=O) groups excluding carboxylic acids is 1. The van der Waals surface area contributed by atoms with Crippen LogP contribution in [0.1, 0.15) is 10.4 Å². The lowest BCUT2D eigenvalue weighted by Crippen LogP contribution is -2.25. The molecule has 26 heavy (non-hydrogen) atoms. The molecule has 134 valence electrons. The quantitative estimate of drug-likeness (QED) is 0.398. The molecule has 0 unspecified atom stereocenters. The molecule has 2 heterocycles. The number of rotatable bonds is 4. The molecule has 0 spiro atoms. The van der Waals surface area contributed by atoms with Gasteiger partial charge in [-0.25, -0.2) is 8.78 Å². The number of anilines is 1. The molecule has 0 aliphatic carbocycles. The minimum absolute atomic E-state index is 0.0743. The first kappa shape index (κ1) is 17.5. The largest absolute Gasteiger partial charge is 0.493 e. The van der Waals surface area contributed by atoms with Crippen molar-refractivity contribution >= 4 is 23.4 Å². The molecule has 3 aromatic rings. The Hall–Kier alpha value is -3.28. The van der Waals surface area contributed by atoms with Gasteiger partial charge in [0.15, 0.2) is 10.7 Å². The van der Waals surface area contributed by atoms with Gasteiger partial charge in [-0.05, 0) is 12.3 Å². The fourth-order valence-electron chi connectivity index (χ4n) is 2.10. The summed E-state index contributed by atoms with van der Waals surface area (Å²) in [5, 5.41) is 21.3. The molecular weight excluding hydrogens is 370 g/mol. The number of nitrogens with one attached hydrogen (secondary N) is 3. The Morgan fingerprint density at radius 2 is 2.08 bits per heavy atom. The summed E-state index contributed by atoms with van der Waals surface area (Å²) in [5.41, 5.74) is -2.25. The SMILES string of the molecule is CSc1nc(O)c(C(=O)Nc2cc(F)c(-c3cn[nH]n3)cc2F)c(=O)[nH]1. The predicted molar refractivity (Wildman–Crippen MR) is 88.0 cm³/mol. The second-order valence-corrected chi connectivity index (χ2v) is 5.69. The van der Waals surface area contributed by atoms with Crippen LogP contribution in [0.4, 0.5) is 14.5 Å². The van der Waals surface area contributed by atoms with Gasteiger partial charge in [0.25, 0.3) is 11.5 Å². The average molecular weight is 380 g/mol. The van der Waals surface area contributed by atoms with Gasteiger partial charge in [0.1, 0.15) is 17.3 Å². The molecule has 1 amide bonds. The molecule has 0 saturated heterocycles. The van der Waals surface area contributed by atoms with E-state index in [1.165, 1.54) is 6.20 Å². The van der Waals surface area contributed by atoms with Gasteiger partial charge in [-0.3, -0.25) is 9.59 Å². The van der Waals surface area contributed by atoms with Gasteiger partial charge in [-0.2, -0.15) is 20.4 Å². The van der Waals surface area contributed by atoms with Crippen LogP contribution >= 0.6 is 11.8 Å². The third-order valence-corrected chi connectivity index (χ3v) is 3.87. The van der Waals surface area contributed by atoms with E-state index < -0.39 is 40.2 Å². The van der Waals surface area contributed by atoms with Gasteiger partial charge in [0.2, 0.25) is 5.88 Å². The Balaban J connectivity index is 1.94. The zero-order valence-electron chi connectivity index (χ0n) is 13.0. The highest BCUT2D eigenvalue weighted by Crippen LogP contribution is 2.26. The van der Waals surface area contributed by atoms with Gasteiger partial charge in [0.05, 0.1) is 11.9 Å². The highest BCUT2D eigenvalue weighted by Gasteiger charge is 2.21. The number of amides is 1. The third-order valence-electron chi connectivity index (χ3n) is 3.29. The van der Waals surface area contributed by atoms with Crippen LogP contribution < -0.4 is 10.9 Å². The number of H-pyrrole nitrogens is 2. The van der Waals surface area contributed by atoms with Crippen molar-refractivity contribution in [1.82, 2.24) is 25.4 Å². The number of aromatic hydroxyl groups is 1. The van der Waals surface area contributed by atoms with Crippen molar-refractivity contribution in [3.8, 4) is 17.1 Å². The number of thioether (sulfide) groups is 1. The van der Waals surface area contributed by atoms with Crippen molar-refractivity contribution < 1.29 is 18.7 Å². The Kier molecular flexibility index (Phi) is 4.67. The van der Waals surface area contributed by atoms with Crippen LogP contribution in [0.3, 0.4) is 0 Å². The molecule has 1 aromatic carbocycles. The maximum absolute atomic E-state index is 14.2. The van der Waals surface area contributed by atoms with E-state index in [0.29, 0.717) is 0 Å². The summed E-state index contributed by atoms with van der Waals surface area (Å²) in [6, 6.07) is 1.55. The van der Waals surface area contributed by atoms with Crippen LogP contribution in [0.5, 0.6) is 5.88 Å². The minimum Gasteiger partial charge on any atom is -0.493 e. The van der Waals surface area contributed by atoms with E-state index in [1.807, 2.05) is 5.32 Å². The standard InChI is InChI=1S/C14H10F2N6O3S/c1-26-14-19-12(24)10(13(25)20-14)11(23)18-8-3-6(15)5(2-7(8)16)9-4-17-22-21-9/h2-4H,1H3,(H,18,23)(H,17,21,22)(H2,19,20,24,25). The lowest BCUT2D eigenvalue weighted by molar-refractivity contribution is 0.102. The van der Waals surface area contributed by atoms with Crippen LogP contribution in [-0.4, -0.2) is 42.6 Å². The van der Waals surface area contributed by atoms with Crippen molar-refractivity contribution in [2.24, 2.45) is 0 Å². The van der Waals surface area contributed by atoms with Crippen molar-refractivity contribution in [2.75, 3.05) is 11.6 Å². The highest BCUT2D eigenvalue weighted by molar-refractivity contribution is 7.98. The van der Waals surface area contributed by atoms with Crippen LogP contribution in [0, 0.1) is 11.6 Å². The lowest BCUT2D eigenvalue weighted by Gasteiger charge is -2.09. The molecule has 0 aliphatic heterocycles. The van der Waals surface area contributed by atoms with E-state index >= 15 is 0 Å². The molecule has 0 bridgehead atoms. The van der Waals surface area contributed by atoms with E-state index in [9.17, 15) is 23.5 Å². The zero-order valence-corrected chi connectivity index (χ0v) is 13.8. The maximum atomic E-state index is 14.2. The third kappa shape index (κ3) is 3.26. The molecule has 3 rings (SSSR count). The number of benzene rings is 1. The van der Waals surface area contributed by atoms with Crippen LogP contribution in [0.25, 0.3) is 11.3 Å². The van der Waals surface area contributed by atoms with E-state index in [4.69, 9.17) is 0 Å². The van der Waals surface area contributed by atoms with Crippen molar-refractivity contribution in [1.29, 1.82) is 0 Å². The Morgan fingerprint density at radius 1 is 1.31 bits per heavy atom. The predicted octanol–water partition coefficient (Wildman–Crippen LogP) is 1.51. The number of carbonyl (C=O) groups is 1. The van der Waals surface area contributed by atoms with E-state index in [2.05, 4.69) is 25.4 Å². The molecule has 0 aliphatic rings. The van der Waals surface area contributed by atoms with Crippen molar-refractivity contribution in [3.05, 3.63) is 45.9 Å². The van der Waals surface area contributed by atoms with E-state index in [0.717, 1.165) is 23.9 Å². The van der Waals surface area contributed by atoms with Gasteiger partial charge in [0, 0.05) is 11.6 Å². The molecule has 4 N–H and O–H groups in total. The first-order valence-electron chi connectivity index (χ1n) is 6.94. The molecule has 2 aromatic heterocycles. The van der Waals surface area contributed by atoms with Gasteiger partial charge < -0.3 is 15.4 Å². The smallest absolute Gasteiger partial charge is 0.268 e. The minimum atomic E-state index is -1.14. The fourth-order valence-corrected chi connectivity index (χ4v) is 2.47. The van der Waals surface area contributed by atoms with Crippen LogP contribution in [-0.2, 0) is 0 Å². The number of nitrogens with zero attached hydrogens (tertiary/aromatic N) is 3. The molecule has 9 nitrogen and oxygen atoms in total. The van der Waals surface area contributed by atoms with Crippen molar-refractivity contribution in [2.45, 2.75) is 5.16 Å². The molecular formula is C14H10F2N6O3S. The number of aromatic nitrogens is 5. The first-order valence-corrected chi connectivity index (χ1v) is 8.17. The Morgan fingerprint density at radius 3 is 2.69 bits per heavy atom. The summed E-state index contributed by atoms with van der Waals surface area (Å²) >= 11 is 1.04. The molecule has 0 saturated carbocycles. The van der Waals surface area contributed by atoms with Crippen LogP contribution in [0.15, 0.2) is 28.3 Å². The second kappa shape index (κ2) is 6.92. The van der Waals surface area contributed by atoms with Gasteiger partial charge in [-0.15, -0.1) is 0 Å². The number of hydrogen-bond acceptors (Lipinski definition) is 7. The second-order valence-electron chi connectivity index (χ2n) is 4.90. The molecule has 12 heteroatoms. The summed E-state index contributed by atoms with van der Waals surface area (Å²) in [6.45, 7) is 0. The van der Waals surface area contributed by atoms with E-state index in [-0.39, 0.29) is 16.4 Å². The molecule has 0 atom stereocenters. The first-order chi connectivity index (χ1) is 12.4. The zero-order chi connectivity index (χ0) is 18.8. The van der Waals surface area contributed by atoms with Gasteiger partial charge in [-0.1, -0.05) is 11.8 Å². The molecule has 0 fully saturated rings. The topological polar surface area (TPSA) is 137 Å². The molecule has 0 radical (unpaired) electrons. The summed E-state index contributed by atoms with van der Waals surface area (Å²) in [6.07, 6.45) is 2.80. The average Bonchev–Trinajstić information content (AvgIpc) is 3.11. The van der Waals surface area contributed by atoms with Crippen LogP contribution in [0.2, 0.25) is 0 Å². The van der Waals surface area contributed by atoms with Crippen molar-refractivity contribution in [3.63, 3.8) is 0 Å². The highest BCUT2D eigenvalue weighted by atomic mass is 32.2. The summed E-state index contributed by atoms with van der Waals surface area (Å²) in [4.78, 5) is 30.0. The fraction of sp³-hybridized carbons (Fsp3) is 0.0714. The number of halogens is 2. The number of aromatic amines is 2. The van der Waals surface area contributed by atoms with Gasteiger partial charge >= 0.3 is 0 Å². The summed E-state index contributed by atoms with van der Waals surface area (Å²) in [7, 11) is 0. The Labute approximate surface area is 147 Å². The number of hydrogen-bond donors (Lipinski definition) is 4. The maximum Gasteiger partial charge on any atom is 0.268 e.